The largest absolute Gasteiger partial charge is 0.293 e. The Morgan fingerprint density at radius 3 is 2.88 bits per heavy atom. The van der Waals surface area contributed by atoms with Crippen molar-refractivity contribution in [1.82, 2.24) is 0 Å². The van der Waals surface area contributed by atoms with Gasteiger partial charge in [0.05, 0.1) is 4.88 Å². The molecule has 2 rings (SSSR count). The molecule has 0 aliphatic heterocycles. The quantitative estimate of drug-likeness (QED) is 0.586. The van der Waals surface area contributed by atoms with Gasteiger partial charge in [0, 0.05) is 22.0 Å². The summed E-state index contributed by atoms with van der Waals surface area (Å²) < 4.78 is 1.10. The first-order chi connectivity index (χ1) is 7.63. The van der Waals surface area contributed by atoms with Gasteiger partial charge in [-0.15, -0.1) is 22.9 Å². The number of fused-ring (bicyclic) bond motifs is 1. The first-order valence-electron chi connectivity index (χ1n) is 4.91. The molecule has 1 aromatic carbocycles. The highest BCUT2D eigenvalue weighted by Crippen LogP contribution is 2.33. The van der Waals surface area contributed by atoms with Crippen molar-refractivity contribution < 1.29 is 4.79 Å². The minimum absolute atomic E-state index is 0.116. The summed E-state index contributed by atoms with van der Waals surface area (Å²) in [5.74, 6) is 0.484. The smallest absolute Gasteiger partial charge is 0.174 e. The van der Waals surface area contributed by atoms with Crippen LogP contribution in [0.5, 0.6) is 0 Å². The molecule has 0 radical (unpaired) electrons. The van der Waals surface area contributed by atoms with Gasteiger partial charge in [-0.3, -0.25) is 4.79 Å². The maximum absolute atomic E-state index is 11.8. The van der Waals surface area contributed by atoms with Gasteiger partial charge in [0.25, 0.3) is 0 Å². The normalized spacial score (nSPS) is 10.9. The molecule has 0 N–H and O–H groups in total. The molecule has 0 aliphatic carbocycles. The van der Waals surface area contributed by atoms with Gasteiger partial charge in [-0.1, -0.05) is 11.6 Å². The van der Waals surface area contributed by atoms with E-state index in [2.05, 4.69) is 0 Å². The van der Waals surface area contributed by atoms with Gasteiger partial charge >= 0.3 is 0 Å². The summed E-state index contributed by atoms with van der Waals surface area (Å²) in [5, 5.41) is 1.76. The Morgan fingerprint density at radius 2 is 2.19 bits per heavy atom. The van der Waals surface area contributed by atoms with Crippen LogP contribution < -0.4 is 0 Å². The molecule has 0 fully saturated rings. The number of halogens is 2. The molecule has 1 aromatic heterocycles. The lowest BCUT2D eigenvalue weighted by Gasteiger charge is -1.96. The van der Waals surface area contributed by atoms with E-state index in [1.807, 2.05) is 25.1 Å². The molecule has 0 bridgehead atoms. The fourth-order valence-corrected chi connectivity index (χ4v) is 3.16. The Balaban J connectivity index is 2.56. The van der Waals surface area contributed by atoms with Crippen LogP contribution in [0.25, 0.3) is 10.1 Å². The van der Waals surface area contributed by atoms with Gasteiger partial charge in [-0.05, 0) is 36.1 Å². The zero-order valence-electron chi connectivity index (χ0n) is 8.72. The van der Waals surface area contributed by atoms with E-state index in [0.717, 1.165) is 20.5 Å². The van der Waals surface area contributed by atoms with Gasteiger partial charge in [0.1, 0.15) is 0 Å². The van der Waals surface area contributed by atoms with Crippen LogP contribution in [-0.4, -0.2) is 11.7 Å². The molecule has 0 spiro atoms. The Morgan fingerprint density at radius 1 is 1.44 bits per heavy atom. The van der Waals surface area contributed by atoms with E-state index in [0.29, 0.717) is 17.3 Å². The van der Waals surface area contributed by atoms with Crippen molar-refractivity contribution in [2.75, 3.05) is 5.88 Å². The highest BCUT2D eigenvalue weighted by molar-refractivity contribution is 7.21. The lowest BCUT2D eigenvalue weighted by molar-refractivity contribution is 0.0992. The summed E-state index contributed by atoms with van der Waals surface area (Å²) in [4.78, 5) is 12.6. The number of hydrogen-bond acceptors (Lipinski definition) is 2. The zero-order chi connectivity index (χ0) is 11.7. The standard InChI is InChI=1S/C12H10Cl2OS/c1-7-9-6-8(14)2-3-11(9)16-12(7)10(15)4-5-13/h2-3,6H,4-5H2,1H3. The second-order valence-electron chi connectivity index (χ2n) is 3.56. The van der Waals surface area contributed by atoms with E-state index in [1.165, 1.54) is 11.3 Å². The molecule has 0 atom stereocenters. The Kier molecular flexibility index (Phi) is 3.53. The number of hydrogen-bond donors (Lipinski definition) is 0. The third kappa shape index (κ3) is 2.10. The molecule has 16 heavy (non-hydrogen) atoms. The number of carbonyl (C=O) groups excluding carboxylic acids is 1. The molecular weight excluding hydrogens is 263 g/mol. The molecule has 0 aliphatic rings. The van der Waals surface area contributed by atoms with Crippen LogP contribution >= 0.6 is 34.5 Å². The first-order valence-corrected chi connectivity index (χ1v) is 6.64. The van der Waals surface area contributed by atoms with Crippen molar-refractivity contribution >= 4 is 50.4 Å². The number of alkyl halides is 1. The number of ketones is 1. The molecule has 0 saturated carbocycles. The number of aryl methyl sites for hydroxylation is 1. The molecule has 1 heterocycles. The van der Waals surface area contributed by atoms with Crippen LogP contribution in [0.2, 0.25) is 5.02 Å². The molecule has 0 unspecified atom stereocenters. The van der Waals surface area contributed by atoms with Gasteiger partial charge in [-0.25, -0.2) is 0 Å². The summed E-state index contributed by atoms with van der Waals surface area (Å²) in [6, 6.07) is 5.70. The number of carbonyl (C=O) groups is 1. The van der Waals surface area contributed by atoms with Crippen molar-refractivity contribution in [1.29, 1.82) is 0 Å². The van der Waals surface area contributed by atoms with Crippen molar-refractivity contribution in [2.24, 2.45) is 0 Å². The minimum atomic E-state index is 0.116. The highest BCUT2D eigenvalue weighted by atomic mass is 35.5. The van der Waals surface area contributed by atoms with Gasteiger partial charge < -0.3 is 0 Å². The lowest BCUT2D eigenvalue weighted by atomic mass is 10.1. The minimum Gasteiger partial charge on any atom is -0.293 e. The summed E-state index contributed by atoms with van der Waals surface area (Å²) >= 11 is 13.0. The van der Waals surface area contributed by atoms with Crippen LogP contribution in [0.1, 0.15) is 21.7 Å². The van der Waals surface area contributed by atoms with Crippen molar-refractivity contribution in [3.63, 3.8) is 0 Å². The Labute approximate surface area is 108 Å². The molecule has 0 amide bonds. The van der Waals surface area contributed by atoms with E-state index in [1.54, 1.807) is 0 Å². The van der Waals surface area contributed by atoms with Crippen molar-refractivity contribution in [2.45, 2.75) is 13.3 Å². The molecule has 1 nitrogen and oxygen atoms in total. The molecular formula is C12H10Cl2OS. The highest BCUT2D eigenvalue weighted by Gasteiger charge is 2.14. The Bertz CT molecular complexity index is 545. The number of thiophene rings is 1. The van der Waals surface area contributed by atoms with Gasteiger partial charge in [0.2, 0.25) is 0 Å². The average molecular weight is 273 g/mol. The number of rotatable bonds is 3. The van der Waals surface area contributed by atoms with Crippen LogP contribution in [0.3, 0.4) is 0 Å². The number of benzene rings is 1. The molecule has 84 valence electrons. The van der Waals surface area contributed by atoms with E-state index in [4.69, 9.17) is 23.2 Å². The predicted molar refractivity (Wildman–Crippen MR) is 71.2 cm³/mol. The van der Waals surface area contributed by atoms with Gasteiger partial charge in [0.15, 0.2) is 5.78 Å². The monoisotopic (exact) mass is 272 g/mol. The number of Topliss-reactive ketones (excluding diaryl/α,β-unsaturated/α-hetero) is 1. The second kappa shape index (κ2) is 4.74. The van der Waals surface area contributed by atoms with Crippen molar-refractivity contribution in [3.05, 3.63) is 33.7 Å². The van der Waals surface area contributed by atoms with Crippen molar-refractivity contribution in [3.8, 4) is 0 Å². The average Bonchev–Trinajstić information content (AvgIpc) is 2.57. The van der Waals surface area contributed by atoms with Crippen LogP contribution in [0.4, 0.5) is 0 Å². The van der Waals surface area contributed by atoms with E-state index >= 15 is 0 Å². The third-order valence-corrected chi connectivity index (χ3v) is 4.21. The first kappa shape index (κ1) is 11.9. The predicted octanol–water partition coefficient (Wildman–Crippen LogP) is 4.67. The topological polar surface area (TPSA) is 17.1 Å². The summed E-state index contributed by atoms with van der Waals surface area (Å²) in [6.07, 6.45) is 0.392. The second-order valence-corrected chi connectivity index (χ2v) is 5.43. The maximum Gasteiger partial charge on any atom is 0.174 e. The summed E-state index contributed by atoms with van der Waals surface area (Å²) in [6.45, 7) is 1.95. The lowest BCUT2D eigenvalue weighted by Crippen LogP contribution is -1.98. The molecule has 0 saturated heterocycles. The van der Waals surface area contributed by atoms with E-state index in [9.17, 15) is 4.79 Å². The fraction of sp³-hybridized carbons (Fsp3) is 0.250. The Hall–Kier alpha value is -0.570. The van der Waals surface area contributed by atoms with Crippen LogP contribution in [0, 0.1) is 6.92 Å². The summed E-state index contributed by atoms with van der Waals surface area (Å²) in [5.41, 5.74) is 1.01. The maximum atomic E-state index is 11.8. The molecule has 2 aromatic rings. The fourth-order valence-electron chi connectivity index (χ4n) is 1.66. The van der Waals surface area contributed by atoms with Crippen LogP contribution in [0.15, 0.2) is 18.2 Å². The van der Waals surface area contributed by atoms with E-state index < -0.39 is 0 Å². The molecule has 4 heteroatoms. The van der Waals surface area contributed by atoms with Gasteiger partial charge in [-0.2, -0.15) is 0 Å². The third-order valence-electron chi connectivity index (χ3n) is 2.47. The zero-order valence-corrected chi connectivity index (χ0v) is 11.0. The summed E-state index contributed by atoms with van der Waals surface area (Å²) in [7, 11) is 0. The SMILES string of the molecule is Cc1c(C(=O)CCCl)sc2ccc(Cl)cc12. The van der Waals surface area contributed by atoms with E-state index in [-0.39, 0.29) is 5.78 Å². The van der Waals surface area contributed by atoms with Crippen LogP contribution in [-0.2, 0) is 0 Å².